The van der Waals surface area contributed by atoms with Crippen LogP contribution in [-0.4, -0.2) is 78.1 Å². The average Bonchev–Trinajstić information content (AvgIpc) is 3.40. The molecule has 9 nitrogen and oxygen atoms in total. The van der Waals surface area contributed by atoms with E-state index in [0.29, 0.717) is 19.6 Å². The van der Waals surface area contributed by atoms with Crippen molar-refractivity contribution in [1.29, 1.82) is 0 Å². The lowest BCUT2D eigenvalue weighted by molar-refractivity contribution is -0.147. The molecule has 0 bridgehead atoms. The third-order valence-corrected chi connectivity index (χ3v) is 8.71. The lowest BCUT2D eigenvalue weighted by atomic mass is 9.65. The van der Waals surface area contributed by atoms with Crippen LogP contribution in [0.15, 0.2) is 36.7 Å². The number of aromatic amines is 1. The van der Waals surface area contributed by atoms with Crippen molar-refractivity contribution in [2.24, 2.45) is 11.3 Å². The van der Waals surface area contributed by atoms with Crippen molar-refractivity contribution in [3.05, 3.63) is 36.7 Å². The molecule has 3 aliphatic rings. The quantitative estimate of drug-likeness (QED) is 0.554. The number of carbonyl (C=O) groups is 2. The van der Waals surface area contributed by atoms with Crippen molar-refractivity contribution < 1.29 is 14.3 Å². The molecule has 200 valence electrons. The smallest absolute Gasteiger partial charge is 0.229 e. The molecule has 2 amide bonds. The van der Waals surface area contributed by atoms with Gasteiger partial charge in [0.15, 0.2) is 0 Å². The molecule has 4 heterocycles. The minimum Gasteiger partial charge on any atom is -0.378 e. The number of benzene rings is 1. The summed E-state index contributed by atoms with van der Waals surface area (Å²) < 4.78 is 5.49. The third kappa shape index (κ3) is 4.53. The summed E-state index contributed by atoms with van der Waals surface area (Å²) in [7, 11) is 1.87. The molecule has 2 aliphatic heterocycles. The zero-order chi connectivity index (χ0) is 26.3. The highest BCUT2D eigenvalue weighted by Gasteiger charge is 2.47. The number of H-pyrrole nitrogens is 1. The Morgan fingerprint density at radius 2 is 1.82 bits per heavy atom. The number of nitrogens with one attached hydrogen (secondary N) is 1. The van der Waals surface area contributed by atoms with Crippen LogP contribution < -0.4 is 9.80 Å². The molecule has 1 N–H and O–H groups in total. The van der Waals surface area contributed by atoms with Crippen LogP contribution in [0.5, 0.6) is 0 Å². The van der Waals surface area contributed by atoms with E-state index in [-0.39, 0.29) is 23.1 Å². The zero-order valence-corrected chi connectivity index (χ0v) is 22.3. The van der Waals surface area contributed by atoms with Crippen molar-refractivity contribution in [2.45, 2.75) is 39.0 Å². The summed E-state index contributed by atoms with van der Waals surface area (Å²) in [5.41, 5.74) is 3.97. The molecule has 9 heteroatoms. The molecule has 2 aromatic heterocycles. The van der Waals surface area contributed by atoms with Gasteiger partial charge >= 0.3 is 0 Å². The second kappa shape index (κ2) is 10.0. The van der Waals surface area contributed by atoms with Crippen LogP contribution in [0.4, 0.5) is 11.5 Å². The fraction of sp³-hybridized carbons (Fsp3) is 0.517. The van der Waals surface area contributed by atoms with Gasteiger partial charge in [0.2, 0.25) is 11.8 Å². The molecule has 1 spiro atoms. The summed E-state index contributed by atoms with van der Waals surface area (Å²) in [6.45, 7) is 6.70. The minimum absolute atomic E-state index is 0.0483. The maximum Gasteiger partial charge on any atom is 0.229 e. The van der Waals surface area contributed by atoms with E-state index in [9.17, 15) is 9.59 Å². The van der Waals surface area contributed by atoms with Gasteiger partial charge in [0.25, 0.3) is 0 Å². The van der Waals surface area contributed by atoms with Crippen molar-refractivity contribution in [3.63, 3.8) is 0 Å². The maximum atomic E-state index is 13.3. The first-order valence-corrected chi connectivity index (χ1v) is 13.8. The van der Waals surface area contributed by atoms with E-state index in [1.54, 1.807) is 11.2 Å². The second-order valence-corrected chi connectivity index (χ2v) is 11.1. The highest BCUT2D eigenvalue weighted by molar-refractivity contribution is 5.95. The molecule has 0 atom stereocenters. The summed E-state index contributed by atoms with van der Waals surface area (Å²) in [6.07, 6.45) is 6.03. The van der Waals surface area contributed by atoms with Gasteiger partial charge in [-0.1, -0.05) is 19.1 Å². The van der Waals surface area contributed by atoms with Crippen molar-refractivity contribution in [3.8, 4) is 11.3 Å². The van der Waals surface area contributed by atoms with Crippen LogP contribution >= 0.6 is 0 Å². The monoisotopic (exact) mass is 516 g/mol. The molecule has 3 aromatic rings. The highest BCUT2D eigenvalue weighted by Crippen LogP contribution is 2.46. The fourth-order valence-electron chi connectivity index (χ4n) is 6.33. The number of rotatable bonds is 5. The van der Waals surface area contributed by atoms with Gasteiger partial charge in [-0.25, -0.2) is 9.97 Å². The number of morpholine rings is 1. The van der Waals surface area contributed by atoms with Gasteiger partial charge in [-0.15, -0.1) is 0 Å². The minimum atomic E-state index is 0.0483. The molecule has 1 aliphatic carbocycles. The summed E-state index contributed by atoms with van der Waals surface area (Å²) in [5.74, 6) is 1.41. The Hall–Kier alpha value is -3.46. The molecule has 1 saturated carbocycles. The van der Waals surface area contributed by atoms with E-state index in [4.69, 9.17) is 4.74 Å². The van der Waals surface area contributed by atoms with E-state index in [0.717, 1.165) is 85.7 Å². The lowest BCUT2D eigenvalue weighted by Gasteiger charge is -2.53. The lowest BCUT2D eigenvalue weighted by Crippen LogP contribution is -2.59. The zero-order valence-electron chi connectivity index (χ0n) is 22.3. The van der Waals surface area contributed by atoms with Crippen LogP contribution in [0.2, 0.25) is 0 Å². The van der Waals surface area contributed by atoms with Crippen molar-refractivity contribution >= 4 is 34.4 Å². The van der Waals surface area contributed by atoms with E-state index in [1.165, 1.54) is 0 Å². The molecular formula is C29H36N6O3. The molecule has 6 rings (SSSR count). The molecule has 38 heavy (non-hydrogen) atoms. The molecule has 0 radical (unpaired) electrons. The predicted octanol–water partition coefficient (Wildman–Crippen LogP) is 3.85. The number of ether oxygens (including phenoxy) is 1. The maximum absolute atomic E-state index is 13.3. The SMILES string of the molecule is CCC(=O)N1CC2(CCC(C(=O)N(C)c3ccc(-c4cc5c(N6CCOCC6)ncnc5[nH]4)cc3)CC2)C1. The predicted molar refractivity (Wildman–Crippen MR) is 147 cm³/mol. The van der Waals surface area contributed by atoms with E-state index < -0.39 is 0 Å². The van der Waals surface area contributed by atoms with Crippen LogP contribution in [0.3, 0.4) is 0 Å². The Morgan fingerprint density at radius 3 is 2.50 bits per heavy atom. The molecule has 1 aromatic carbocycles. The van der Waals surface area contributed by atoms with Crippen LogP contribution in [0, 0.1) is 11.3 Å². The fourth-order valence-corrected chi connectivity index (χ4v) is 6.33. The number of amides is 2. The average molecular weight is 517 g/mol. The molecular weight excluding hydrogens is 480 g/mol. The number of anilines is 2. The van der Waals surface area contributed by atoms with Gasteiger partial charge in [0, 0.05) is 62.4 Å². The molecule has 2 saturated heterocycles. The topological polar surface area (TPSA) is 94.7 Å². The van der Waals surface area contributed by atoms with Gasteiger partial charge in [0.05, 0.1) is 18.6 Å². The van der Waals surface area contributed by atoms with Gasteiger partial charge in [-0.2, -0.15) is 0 Å². The Balaban J connectivity index is 1.11. The number of likely N-dealkylation sites (tertiary alicyclic amines) is 1. The van der Waals surface area contributed by atoms with Crippen LogP contribution in [-0.2, 0) is 14.3 Å². The summed E-state index contributed by atoms with van der Waals surface area (Å²) >= 11 is 0. The highest BCUT2D eigenvalue weighted by atomic mass is 16.5. The van der Waals surface area contributed by atoms with Gasteiger partial charge < -0.3 is 24.4 Å². The van der Waals surface area contributed by atoms with Crippen LogP contribution in [0.25, 0.3) is 22.3 Å². The normalized spacial score (nSPS) is 19.5. The Kier molecular flexibility index (Phi) is 6.55. The van der Waals surface area contributed by atoms with E-state index >= 15 is 0 Å². The summed E-state index contributed by atoms with van der Waals surface area (Å²) in [5, 5.41) is 1.00. The summed E-state index contributed by atoms with van der Waals surface area (Å²) in [6, 6.07) is 10.2. The van der Waals surface area contributed by atoms with E-state index in [2.05, 4.69) is 38.1 Å². The van der Waals surface area contributed by atoms with E-state index in [1.807, 2.05) is 31.0 Å². The largest absolute Gasteiger partial charge is 0.378 e. The van der Waals surface area contributed by atoms with Gasteiger partial charge in [-0.3, -0.25) is 9.59 Å². The first-order valence-electron chi connectivity index (χ1n) is 13.8. The number of aromatic nitrogens is 3. The van der Waals surface area contributed by atoms with Gasteiger partial charge in [0.1, 0.15) is 17.8 Å². The number of hydrogen-bond acceptors (Lipinski definition) is 6. The number of hydrogen-bond donors (Lipinski definition) is 1. The Morgan fingerprint density at radius 1 is 1.11 bits per heavy atom. The molecule has 3 fully saturated rings. The van der Waals surface area contributed by atoms with Gasteiger partial charge in [-0.05, 0) is 49.4 Å². The van der Waals surface area contributed by atoms with Crippen molar-refractivity contribution in [2.75, 3.05) is 56.2 Å². The standard InChI is InChI=1S/C29H36N6O3/c1-3-25(36)35-17-29(18-35)10-8-21(9-11-29)28(37)33(2)22-6-4-20(5-7-22)24-16-23-26(32-24)30-19-31-27(23)34-12-14-38-15-13-34/h4-7,16,19,21H,3,8-15,17-18H2,1-2H3,(H,30,31,32). The first-order chi connectivity index (χ1) is 18.5. The second-order valence-electron chi connectivity index (χ2n) is 11.1. The van der Waals surface area contributed by atoms with Crippen LogP contribution in [0.1, 0.15) is 39.0 Å². The molecule has 0 unspecified atom stereocenters. The number of nitrogens with zero attached hydrogens (tertiary/aromatic N) is 5. The number of fused-ring (bicyclic) bond motifs is 1. The third-order valence-electron chi connectivity index (χ3n) is 8.71. The first kappa shape index (κ1) is 24.9. The Labute approximate surface area is 223 Å². The number of carbonyl (C=O) groups excluding carboxylic acids is 2. The Bertz CT molecular complexity index is 1310. The summed E-state index contributed by atoms with van der Waals surface area (Å²) in [4.78, 5) is 43.7. The van der Waals surface area contributed by atoms with Crippen molar-refractivity contribution in [1.82, 2.24) is 19.9 Å².